The van der Waals surface area contributed by atoms with Crippen molar-refractivity contribution in [2.75, 3.05) is 13.7 Å². The van der Waals surface area contributed by atoms with Crippen molar-refractivity contribution >= 4 is 11.6 Å². The predicted molar refractivity (Wildman–Crippen MR) is 92.2 cm³/mol. The zero-order chi connectivity index (χ0) is 16.7. The summed E-state index contributed by atoms with van der Waals surface area (Å²) in [6.45, 7) is 3.26. The van der Waals surface area contributed by atoms with Crippen LogP contribution in [0.4, 0.5) is 0 Å². The lowest BCUT2D eigenvalue weighted by atomic mass is 10.1. The monoisotopic (exact) mass is 335 g/mol. The third kappa shape index (κ3) is 5.43. The maximum Gasteiger partial charge on any atom is 0.166 e. The standard InChI is InChI=1S/C18H22ClNO3/c1-13(21)10-20-11-15-6-4-8-17(22-2)18(15)23-12-14-5-3-7-16(19)9-14/h3-9,13,20-21H,10-12H2,1-2H3/t13-/m0/s1. The first-order valence-electron chi connectivity index (χ1n) is 7.52. The van der Waals surface area contributed by atoms with E-state index in [0.29, 0.717) is 36.2 Å². The fourth-order valence-corrected chi connectivity index (χ4v) is 2.44. The molecule has 23 heavy (non-hydrogen) atoms. The summed E-state index contributed by atoms with van der Waals surface area (Å²) in [5.74, 6) is 1.39. The van der Waals surface area contributed by atoms with E-state index in [2.05, 4.69) is 5.32 Å². The second-order valence-corrected chi connectivity index (χ2v) is 5.78. The first kappa shape index (κ1) is 17.6. The molecule has 0 aliphatic carbocycles. The van der Waals surface area contributed by atoms with Gasteiger partial charge < -0.3 is 19.9 Å². The largest absolute Gasteiger partial charge is 0.493 e. The summed E-state index contributed by atoms with van der Waals surface area (Å²) in [5.41, 5.74) is 1.97. The highest BCUT2D eigenvalue weighted by atomic mass is 35.5. The maximum absolute atomic E-state index is 9.35. The van der Waals surface area contributed by atoms with Crippen molar-refractivity contribution in [3.05, 3.63) is 58.6 Å². The minimum atomic E-state index is -0.392. The fraction of sp³-hybridized carbons (Fsp3) is 0.333. The molecule has 1 atom stereocenters. The molecule has 0 bridgehead atoms. The van der Waals surface area contributed by atoms with Gasteiger partial charge in [-0.3, -0.25) is 0 Å². The molecule has 0 heterocycles. The Bertz CT molecular complexity index is 631. The highest BCUT2D eigenvalue weighted by Gasteiger charge is 2.11. The molecule has 2 aromatic rings. The summed E-state index contributed by atoms with van der Waals surface area (Å²) in [4.78, 5) is 0. The van der Waals surface area contributed by atoms with Crippen LogP contribution in [0.15, 0.2) is 42.5 Å². The first-order chi connectivity index (χ1) is 11.1. The van der Waals surface area contributed by atoms with Crippen molar-refractivity contribution in [2.24, 2.45) is 0 Å². The summed E-state index contributed by atoms with van der Waals surface area (Å²) >= 11 is 6.00. The Morgan fingerprint density at radius 3 is 2.70 bits per heavy atom. The Morgan fingerprint density at radius 2 is 2.00 bits per heavy atom. The molecule has 0 aliphatic heterocycles. The van der Waals surface area contributed by atoms with Crippen LogP contribution in [0.5, 0.6) is 11.5 Å². The van der Waals surface area contributed by atoms with Crippen LogP contribution in [0, 0.1) is 0 Å². The SMILES string of the molecule is COc1cccc(CNC[C@H](C)O)c1OCc1cccc(Cl)c1. The van der Waals surface area contributed by atoms with Gasteiger partial charge in [0.1, 0.15) is 6.61 Å². The summed E-state index contributed by atoms with van der Waals surface area (Å²) in [5, 5.41) is 13.2. The number of para-hydroxylation sites is 1. The molecule has 0 fully saturated rings. The lowest BCUT2D eigenvalue weighted by Gasteiger charge is -2.16. The van der Waals surface area contributed by atoms with Gasteiger partial charge in [0.05, 0.1) is 13.2 Å². The summed E-state index contributed by atoms with van der Waals surface area (Å²) in [7, 11) is 1.62. The summed E-state index contributed by atoms with van der Waals surface area (Å²) in [6.07, 6.45) is -0.392. The normalized spacial score (nSPS) is 12.0. The first-order valence-corrected chi connectivity index (χ1v) is 7.90. The molecule has 2 aromatic carbocycles. The lowest BCUT2D eigenvalue weighted by molar-refractivity contribution is 0.190. The van der Waals surface area contributed by atoms with Crippen LogP contribution in [-0.2, 0) is 13.2 Å². The van der Waals surface area contributed by atoms with Crippen molar-refractivity contribution in [2.45, 2.75) is 26.2 Å². The number of hydrogen-bond acceptors (Lipinski definition) is 4. The average molecular weight is 336 g/mol. The van der Waals surface area contributed by atoms with E-state index < -0.39 is 6.10 Å². The van der Waals surface area contributed by atoms with Crippen LogP contribution in [-0.4, -0.2) is 24.9 Å². The number of nitrogens with one attached hydrogen (secondary N) is 1. The van der Waals surface area contributed by atoms with Crippen LogP contribution in [0.25, 0.3) is 0 Å². The molecule has 0 aliphatic rings. The number of aliphatic hydroxyl groups is 1. The minimum absolute atomic E-state index is 0.392. The number of rotatable bonds is 8. The van der Waals surface area contributed by atoms with Crippen molar-refractivity contribution < 1.29 is 14.6 Å². The number of benzene rings is 2. The second kappa shape index (κ2) is 8.77. The van der Waals surface area contributed by atoms with Crippen LogP contribution < -0.4 is 14.8 Å². The van der Waals surface area contributed by atoms with Gasteiger partial charge in [0.2, 0.25) is 0 Å². The minimum Gasteiger partial charge on any atom is -0.493 e. The maximum atomic E-state index is 9.35. The fourth-order valence-electron chi connectivity index (χ4n) is 2.22. The highest BCUT2D eigenvalue weighted by Crippen LogP contribution is 2.32. The van der Waals surface area contributed by atoms with Gasteiger partial charge in [-0.1, -0.05) is 35.9 Å². The molecule has 4 nitrogen and oxygen atoms in total. The molecule has 0 aromatic heterocycles. The Labute approximate surface area is 142 Å². The topological polar surface area (TPSA) is 50.7 Å². The van der Waals surface area contributed by atoms with Gasteiger partial charge in [0.25, 0.3) is 0 Å². The molecule has 0 spiro atoms. The number of ether oxygens (including phenoxy) is 2. The van der Waals surface area contributed by atoms with Crippen LogP contribution in [0.2, 0.25) is 5.02 Å². The van der Waals surface area contributed by atoms with Crippen molar-refractivity contribution in [3.63, 3.8) is 0 Å². The molecule has 5 heteroatoms. The Balaban J connectivity index is 2.11. The average Bonchev–Trinajstić information content (AvgIpc) is 2.53. The smallest absolute Gasteiger partial charge is 0.166 e. The second-order valence-electron chi connectivity index (χ2n) is 5.35. The van der Waals surface area contributed by atoms with Gasteiger partial charge in [-0.05, 0) is 30.7 Å². The van der Waals surface area contributed by atoms with Crippen LogP contribution in [0.3, 0.4) is 0 Å². The zero-order valence-electron chi connectivity index (χ0n) is 13.4. The lowest BCUT2D eigenvalue weighted by Crippen LogP contribution is -2.24. The molecule has 124 valence electrons. The third-order valence-corrected chi connectivity index (χ3v) is 3.54. The molecule has 2 rings (SSSR count). The van der Waals surface area contributed by atoms with E-state index >= 15 is 0 Å². The van der Waals surface area contributed by atoms with Crippen LogP contribution >= 0.6 is 11.6 Å². The van der Waals surface area contributed by atoms with E-state index in [1.54, 1.807) is 14.0 Å². The van der Waals surface area contributed by atoms with Gasteiger partial charge in [-0.25, -0.2) is 0 Å². The van der Waals surface area contributed by atoms with E-state index in [9.17, 15) is 5.11 Å². The van der Waals surface area contributed by atoms with Crippen molar-refractivity contribution in [3.8, 4) is 11.5 Å². The molecule has 0 unspecified atom stereocenters. The quantitative estimate of drug-likeness (QED) is 0.776. The van der Waals surface area contributed by atoms with E-state index in [4.69, 9.17) is 21.1 Å². The number of aliphatic hydroxyl groups excluding tert-OH is 1. The number of hydrogen-bond donors (Lipinski definition) is 2. The van der Waals surface area contributed by atoms with Gasteiger partial charge in [-0.15, -0.1) is 0 Å². The predicted octanol–water partition coefficient (Wildman–Crippen LogP) is 3.40. The Kier molecular flexibility index (Phi) is 6.71. The van der Waals surface area contributed by atoms with Gasteiger partial charge >= 0.3 is 0 Å². The van der Waals surface area contributed by atoms with Gasteiger partial charge in [0, 0.05) is 23.7 Å². The molecule has 0 radical (unpaired) electrons. The van der Waals surface area contributed by atoms with E-state index in [1.807, 2.05) is 42.5 Å². The molecular formula is C18H22ClNO3. The Morgan fingerprint density at radius 1 is 1.22 bits per heavy atom. The van der Waals surface area contributed by atoms with Crippen LogP contribution in [0.1, 0.15) is 18.1 Å². The van der Waals surface area contributed by atoms with E-state index in [0.717, 1.165) is 11.1 Å². The Hall–Kier alpha value is -1.75. The zero-order valence-corrected chi connectivity index (χ0v) is 14.1. The van der Waals surface area contributed by atoms with Crippen molar-refractivity contribution in [1.82, 2.24) is 5.32 Å². The van der Waals surface area contributed by atoms with Gasteiger partial charge in [-0.2, -0.15) is 0 Å². The third-order valence-electron chi connectivity index (χ3n) is 3.31. The molecule has 0 amide bonds. The van der Waals surface area contributed by atoms with Gasteiger partial charge in [0.15, 0.2) is 11.5 Å². The summed E-state index contributed by atoms with van der Waals surface area (Å²) in [6, 6.07) is 13.3. The van der Waals surface area contributed by atoms with E-state index in [-0.39, 0.29) is 0 Å². The number of methoxy groups -OCH3 is 1. The number of halogens is 1. The molecule has 0 saturated heterocycles. The molecule has 0 saturated carbocycles. The molecule has 2 N–H and O–H groups in total. The summed E-state index contributed by atoms with van der Waals surface area (Å²) < 4.78 is 11.4. The van der Waals surface area contributed by atoms with Crippen molar-refractivity contribution in [1.29, 1.82) is 0 Å². The molecular weight excluding hydrogens is 314 g/mol. The van der Waals surface area contributed by atoms with E-state index in [1.165, 1.54) is 0 Å². The highest BCUT2D eigenvalue weighted by molar-refractivity contribution is 6.30.